The van der Waals surface area contributed by atoms with Gasteiger partial charge in [-0.05, 0) is 28.1 Å². The number of halogens is 1. The third-order valence-corrected chi connectivity index (χ3v) is 2.70. The standard InChI is InChI=1S/C10H13ClN6O2/c1-18-8-4-6(3-7(11)9(8)19-2)5-13-17-10(12)14-15-16-17/h3-4,13H,5H2,1-2H3,(H2,12,14,16). The quantitative estimate of drug-likeness (QED) is 0.832. The van der Waals surface area contributed by atoms with Gasteiger partial charge in [0.2, 0.25) is 0 Å². The highest BCUT2D eigenvalue weighted by molar-refractivity contribution is 6.32. The Hall–Kier alpha value is -2.22. The highest BCUT2D eigenvalue weighted by atomic mass is 35.5. The Balaban J connectivity index is 2.17. The van der Waals surface area contributed by atoms with Gasteiger partial charge in [0.1, 0.15) is 0 Å². The number of anilines is 1. The predicted octanol–water partition coefficient (Wildman–Crippen LogP) is 0.670. The van der Waals surface area contributed by atoms with E-state index in [2.05, 4.69) is 21.0 Å². The first kappa shape index (κ1) is 13.2. The van der Waals surface area contributed by atoms with E-state index in [1.807, 2.05) is 0 Å². The summed E-state index contributed by atoms with van der Waals surface area (Å²) in [6.07, 6.45) is 0. The van der Waals surface area contributed by atoms with Crippen LogP contribution in [0.1, 0.15) is 5.56 Å². The SMILES string of the molecule is COc1cc(CNn2nnnc2N)cc(Cl)c1OC. The lowest BCUT2D eigenvalue weighted by molar-refractivity contribution is 0.354. The zero-order valence-corrected chi connectivity index (χ0v) is 11.2. The summed E-state index contributed by atoms with van der Waals surface area (Å²) >= 11 is 6.10. The van der Waals surface area contributed by atoms with Gasteiger partial charge in [-0.2, -0.15) is 0 Å². The van der Waals surface area contributed by atoms with Crippen LogP contribution >= 0.6 is 11.6 Å². The number of tetrazole rings is 1. The second-order valence-corrected chi connectivity index (χ2v) is 4.00. The first-order valence-corrected chi connectivity index (χ1v) is 5.71. The lowest BCUT2D eigenvalue weighted by Crippen LogP contribution is -2.18. The van der Waals surface area contributed by atoms with Crippen molar-refractivity contribution in [3.05, 3.63) is 22.7 Å². The molecule has 9 heteroatoms. The summed E-state index contributed by atoms with van der Waals surface area (Å²) < 4.78 is 10.4. The van der Waals surface area contributed by atoms with E-state index in [1.165, 1.54) is 11.9 Å². The zero-order valence-electron chi connectivity index (χ0n) is 10.4. The van der Waals surface area contributed by atoms with Gasteiger partial charge in [-0.25, -0.2) is 0 Å². The van der Waals surface area contributed by atoms with Gasteiger partial charge in [-0.15, -0.1) is 4.79 Å². The van der Waals surface area contributed by atoms with Crippen molar-refractivity contribution in [2.24, 2.45) is 0 Å². The van der Waals surface area contributed by atoms with Crippen LogP contribution in [0.25, 0.3) is 0 Å². The smallest absolute Gasteiger partial charge is 0.260 e. The van der Waals surface area contributed by atoms with Gasteiger partial charge in [-0.1, -0.05) is 16.7 Å². The van der Waals surface area contributed by atoms with E-state index in [-0.39, 0.29) is 5.95 Å². The number of ether oxygens (including phenoxy) is 2. The molecule has 0 saturated carbocycles. The molecule has 2 rings (SSSR count). The summed E-state index contributed by atoms with van der Waals surface area (Å²) in [5, 5.41) is 11.1. The number of nitrogens with zero attached hydrogens (tertiary/aromatic N) is 4. The molecule has 1 aromatic carbocycles. The number of aromatic nitrogens is 4. The highest BCUT2D eigenvalue weighted by Crippen LogP contribution is 2.35. The van der Waals surface area contributed by atoms with Crippen molar-refractivity contribution < 1.29 is 9.47 Å². The third-order valence-electron chi connectivity index (χ3n) is 2.42. The second kappa shape index (κ2) is 5.61. The molecule has 0 amide bonds. The molecule has 8 nitrogen and oxygen atoms in total. The molecule has 0 bridgehead atoms. The molecule has 0 atom stereocenters. The molecule has 0 aliphatic carbocycles. The molecular weight excluding hydrogens is 272 g/mol. The Kier molecular flexibility index (Phi) is 3.91. The van der Waals surface area contributed by atoms with E-state index in [4.69, 9.17) is 26.8 Å². The van der Waals surface area contributed by atoms with E-state index in [0.29, 0.717) is 23.1 Å². The van der Waals surface area contributed by atoms with Crippen molar-refractivity contribution in [2.45, 2.75) is 6.54 Å². The number of rotatable bonds is 5. The largest absolute Gasteiger partial charge is 0.493 e. The van der Waals surface area contributed by atoms with Crippen LogP contribution in [0.4, 0.5) is 5.95 Å². The predicted molar refractivity (Wildman–Crippen MR) is 69.9 cm³/mol. The Bertz CT molecular complexity index is 573. The fourth-order valence-electron chi connectivity index (χ4n) is 1.55. The van der Waals surface area contributed by atoms with Gasteiger partial charge in [0.25, 0.3) is 5.95 Å². The Labute approximate surface area is 114 Å². The highest BCUT2D eigenvalue weighted by Gasteiger charge is 2.11. The Morgan fingerprint density at radius 1 is 1.37 bits per heavy atom. The number of hydrogen-bond donors (Lipinski definition) is 2. The average Bonchev–Trinajstić information content (AvgIpc) is 2.81. The number of benzene rings is 1. The minimum atomic E-state index is 0.173. The molecule has 0 unspecified atom stereocenters. The van der Waals surface area contributed by atoms with Crippen molar-refractivity contribution in [3.8, 4) is 11.5 Å². The summed E-state index contributed by atoms with van der Waals surface area (Å²) in [6.45, 7) is 0.426. The summed E-state index contributed by atoms with van der Waals surface area (Å²) in [6, 6.07) is 3.56. The average molecular weight is 285 g/mol. The number of nitrogens with two attached hydrogens (primary N) is 1. The minimum absolute atomic E-state index is 0.173. The number of nitrogens with one attached hydrogen (secondary N) is 1. The molecule has 102 valence electrons. The van der Waals surface area contributed by atoms with Crippen LogP contribution in [0.2, 0.25) is 5.02 Å². The first-order chi connectivity index (χ1) is 9.15. The fraction of sp³-hybridized carbons (Fsp3) is 0.300. The van der Waals surface area contributed by atoms with Gasteiger partial charge in [-0.3, -0.25) is 0 Å². The lowest BCUT2D eigenvalue weighted by Gasteiger charge is -2.12. The maximum absolute atomic E-state index is 6.10. The monoisotopic (exact) mass is 284 g/mol. The summed E-state index contributed by atoms with van der Waals surface area (Å²) in [4.78, 5) is 1.27. The molecular formula is C10H13ClN6O2. The van der Waals surface area contributed by atoms with Crippen LogP contribution in [0.5, 0.6) is 11.5 Å². The summed E-state index contributed by atoms with van der Waals surface area (Å²) in [7, 11) is 3.08. The molecule has 0 radical (unpaired) electrons. The normalized spacial score (nSPS) is 10.3. The van der Waals surface area contributed by atoms with E-state index in [0.717, 1.165) is 5.56 Å². The number of hydrogen-bond acceptors (Lipinski definition) is 7. The van der Waals surface area contributed by atoms with E-state index < -0.39 is 0 Å². The fourth-order valence-corrected chi connectivity index (χ4v) is 1.86. The minimum Gasteiger partial charge on any atom is -0.493 e. The van der Waals surface area contributed by atoms with Crippen LogP contribution in [-0.4, -0.2) is 34.5 Å². The van der Waals surface area contributed by atoms with Crippen LogP contribution in [0.3, 0.4) is 0 Å². The van der Waals surface area contributed by atoms with Gasteiger partial charge in [0.15, 0.2) is 11.5 Å². The van der Waals surface area contributed by atoms with Gasteiger partial charge in [0, 0.05) is 0 Å². The summed E-state index contributed by atoms with van der Waals surface area (Å²) in [5.41, 5.74) is 9.33. The second-order valence-electron chi connectivity index (χ2n) is 3.60. The van der Waals surface area contributed by atoms with Crippen LogP contribution in [-0.2, 0) is 6.54 Å². The van der Waals surface area contributed by atoms with Crippen molar-refractivity contribution >= 4 is 17.5 Å². The topological polar surface area (TPSA) is 100 Å². The third kappa shape index (κ3) is 2.79. The summed E-state index contributed by atoms with van der Waals surface area (Å²) in [5.74, 6) is 1.22. The van der Waals surface area contributed by atoms with Crippen molar-refractivity contribution in [2.75, 3.05) is 25.4 Å². The molecule has 19 heavy (non-hydrogen) atoms. The molecule has 0 saturated heterocycles. The maximum Gasteiger partial charge on any atom is 0.260 e. The molecule has 1 aromatic heterocycles. The van der Waals surface area contributed by atoms with Gasteiger partial charge in [0.05, 0.1) is 25.8 Å². The van der Waals surface area contributed by atoms with E-state index >= 15 is 0 Å². The molecule has 0 fully saturated rings. The van der Waals surface area contributed by atoms with Crippen molar-refractivity contribution in [3.63, 3.8) is 0 Å². The molecule has 2 aromatic rings. The van der Waals surface area contributed by atoms with E-state index in [1.54, 1.807) is 19.2 Å². The Morgan fingerprint density at radius 3 is 2.74 bits per heavy atom. The van der Waals surface area contributed by atoms with Crippen LogP contribution < -0.4 is 20.6 Å². The number of methoxy groups -OCH3 is 2. The van der Waals surface area contributed by atoms with Crippen molar-refractivity contribution in [1.82, 2.24) is 20.3 Å². The van der Waals surface area contributed by atoms with Gasteiger partial charge < -0.3 is 20.6 Å². The van der Waals surface area contributed by atoms with Crippen LogP contribution in [0.15, 0.2) is 12.1 Å². The van der Waals surface area contributed by atoms with Crippen molar-refractivity contribution in [1.29, 1.82) is 0 Å². The number of nitrogen functional groups attached to an aromatic ring is 1. The maximum atomic E-state index is 6.10. The van der Waals surface area contributed by atoms with E-state index in [9.17, 15) is 0 Å². The Morgan fingerprint density at radius 2 is 2.16 bits per heavy atom. The van der Waals surface area contributed by atoms with Gasteiger partial charge >= 0.3 is 0 Å². The molecule has 0 aliphatic rings. The molecule has 3 N–H and O–H groups in total. The van der Waals surface area contributed by atoms with Crippen LogP contribution in [0, 0.1) is 0 Å². The molecule has 1 heterocycles. The lowest BCUT2D eigenvalue weighted by atomic mass is 10.2. The zero-order chi connectivity index (χ0) is 13.8. The first-order valence-electron chi connectivity index (χ1n) is 5.34. The molecule has 0 spiro atoms. The molecule has 0 aliphatic heterocycles.